The van der Waals surface area contributed by atoms with Crippen LogP contribution in [-0.2, 0) is 11.2 Å². The fourth-order valence-electron chi connectivity index (χ4n) is 2.98. The van der Waals surface area contributed by atoms with Crippen molar-refractivity contribution in [3.05, 3.63) is 59.9 Å². The fraction of sp³-hybridized carbons (Fsp3) is 0.316. The number of carbonyl (C=O) groups excluding carboxylic acids is 1. The first kappa shape index (κ1) is 16.3. The van der Waals surface area contributed by atoms with Crippen molar-refractivity contribution in [2.24, 2.45) is 0 Å². The highest BCUT2D eigenvalue weighted by atomic mass is 19.1. The van der Waals surface area contributed by atoms with E-state index in [4.69, 9.17) is 4.74 Å². The van der Waals surface area contributed by atoms with Crippen molar-refractivity contribution in [1.82, 2.24) is 4.90 Å². The maximum atomic E-state index is 12.9. The van der Waals surface area contributed by atoms with Gasteiger partial charge in [-0.1, -0.05) is 24.3 Å². The minimum atomic E-state index is -0.281. The van der Waals surface area contributed by atoms with Gasteiger partial charge in [-0.05, 0) is 29.8 Å². The Hall–Kier alpha value is -2.56. The molecule has 1 aliphatic heterocycles. The highest BCUT2D eigenvalue weighted by Gasteiger charge is 2.22. The molecule has 4 nitrogen and oxygen atoms in total. The Morgan fingerprint density at radius 3 is 2.38 bits per heavy atom. The zero-order chi connectivity index (χ0) is 16.9. The summed E-state index contributed by atoms with van der Waals surface area (Å²) in [5.74, 6) is 0.654. The van der Waals surface area contributed by atoms with E-state index >= 15 is 0 Å². The van der Waals surface area contributed by atoms with Crippen LogP contribution in [0.25, 0.3) is 0 Å². The molecule has 0 radical (unpaired) electrons. The maximum Gasteiger partial charge on any atom is 0.227 e. The lowest BCUT2D eigenvalue weighted by molar-refractivity contribution is -0.130. The molecule has 3 rings (SSSR count). The summed E-state index contributed by atoms with van der Waals surface area (Å²) in [6.07, 6.45) is 0.314. The zero-order valence-corrected chi connectivity index (χ0v) is 13.7. The largest absolute Gasteiger partial charge is 0.495 e. The topological polar surface area (TPSA) is 32.8 Å². The number of ether oxygens (including phenoxy) is 1. The number of rotatable bonds is 4. The molecule has 0 unspecified atom stereocenters. The fourth-order valence-corrected chi connectivity index (χ4v) is 2.98. The van der Waals surface area contributed by atoms with Gasteiger partial charge in [0, 0.05) is 26.2 Å². The number of anilines is 1. The molecule has 0 spiro atoms. The summed E-state index contributed by atoms with van der Waals surface area (Å²) in [4.78, 5) is 16.5. The number of halogens is 1. The maximum absolute atomic E-state index is 12.9. The molecule has 1 heterocycles. The van der Waals surface area contributed by atoms with E-state index in [2.05, 4.69) is 4.90 Å². The third-order valence-electron chi connectivity index (χ3n) is 4.33. The number of piperazine rings is 1. The van der Waals surface area contributed by atoms with Crippen molar-refractivity contribution >= 4 is 11.6 Å². The number of nitrogens with zero attached hydrogens (tertiary/aromatic N) is 2. The van der Waals surface area contributed by atoms with Crippen LogP contribution in [0.5, 0.6) is 5.75 Å². The second-order valence-corrected chi connectivity index (χ2v) is 5.84. The Balaban J connectivity index is 1.58. The molecule has 126 valence electrons. The average Bonchev–Trinajstić information content (AvgIpc) is 2.63. The number of methoxy groups -OCH3 is 1. The molecular weight excluding hydrogens is 307 g/mol. The van der Waals surface area contributed by atoms with E-state index < -0.39 is 0 Å². The summed E-state index contributed by atoms with van der Waals surface area (Å²) in [5.41, 5.74) is 1.90. The van der Waals surface area contributed by atoms with Crippen LogP contribution in [0, 0.1) is 5.82 Å². The van der Waals surface area contributed by atoms with Gasteiger partial charge >= 0.3 is 0 Å². The van der Waals surface area contributed by atoms with Gasteiger partial charge in [0.2, 0.25) is 5.91 Å². The molecule has 1 fully saturated rings. The van der Waals surface area contributed by atoms with Crippen molar-refractivity contribution < 1.29 is 13.9 Å². The van der Waals surface area contributed by atoms with E-state index in [9.17, 15) is 9.18 Å². The van der Waals surface area contributed by atoms with Crippen molar-refractivity contribution in [2.45, 2.75) is 6.42 Å². The van der Waals surface area contributed by atoms with E-state index in [1.165, 1.54) is 12.1 Å². The number of amides is 1. The molecule has 5 heteroatoms. The van der Waals surface area contributed by atoms with E-state index in [0.717, 1.165) is 30.1 Å². The smallest absolute Gasteiger partial charge is 0.227 e. The molecular formula is C19H21FN2O2. The molecule has 24 heavy (non-hydrogen) atoms. The molecule has 1 amide bonds. The second kappa shape index (κ2) is 7.34. The molecule has 0 atom stereocenters. The van der Waals surface area contributed by atoms with E-state index in [1.54, 1.807) is 19.2 Å². The number of carbonyl (C=O) groups is 1. The molecule has 0 bridgehead atoms. The summed E-state index contributed by atoms with van der Waals surface area (Å²) < 4.78 is 18.3. The van der Waals surface area contributed by atoms with Crippen molar-refractivity contribution in [2.75, 3.05) is 38.2 Å². The highest BCUT2D eigenvalue weighted by molar-refractivity contribution is 5.79. The van der Waals surface area contributed by atoms with Crippen LogP contribution < -0.4 is 9.64 Å². The molecule has 2 aromatic rings. The summed E-state index contributed by atoms with van der Waals surface area (Å²) in [6.45, 7) is 2.90. The normalized spacial score (nSPS) is 14.6. The lowest BCUT2D eigenvalue weighted by atomic mass is 10.1. The highest BCUT2D eigenvalue weighted by Crippen LogP contribution is 2.28. The second-order valence-electron chi connectivity index (χ2n) is 5.84. The summed E-state index contributed by atoms with van der Waals surface area (Å²) in [7, 11) is 1.67. The first-order valence-corrected chi connectivity index (χ1v) is 8.07. The van der Waals surface area contributed by atoms with E-state index in [0.29, 0.717) is 19.5 Å². The third-order valence-corrected chi connectivity index (χ3v) is 4.33. The quantitative estimate of drug-likeness (QED) is 0.865. The summed E-state index contributed by atoms with van der Waals surface area (Å²) >= 11 is 0. The molecule has 1 saturated heterocycles. The van der Waals surface area contributed by atoms with Gasteiger partial charge in [0.15, 0.2) is 0 Å². The number of para-hydroxylation sites is 2. The van der Waals surface area contributed by atoms with Crippen LogP contribution in [0.1, 0.15) is 5.56 Å². The number of hydrogen-bond donors (Lipinski definition) is 0. The lowest BCUT2D eigenvalue weighted by Crippen LogP contribution is -2.49. The van der Waals surface area contributed by atoms with Gasteiger partial charge in [-0.3, -0.25) is 4.79 Å². The Bertz CT molecular complexity index is 695. The zero-order valence-electron chi connectivity index (χ0n) is 13.7. The Morgan fingerprint density at radius 1 is 1.04 bits per heavy atom. The molecule has 0 aromatic heterocycles. The SMILES string of the molecule is COc1ccccc1N1CCN(C(=O)Cc2ccc(F)cc2)CC1. The van der Waals surface area contributed by atoms with Crippen molar-refractivity contribution in [3.63, 3.8) is 0 Å². The first-order valence-electron chi connectivity index (χ1n) is 8.07. The van der Waals surface area contributed by atoms with Crippen LogP contribution >= 0.6 is 0 Å². The Labute approximate surface area is 141 Å². The Kier molecular flexibility index (Phi) is 4.99. The first-order chi connectivity index (χ1) is 11.7. The van der Waals surface area contributed by atoms with Crippen LogP contribution in [0.2, 0.25) is 0 Å². The van der Waals surface area contributed by atoms with Gasteiger partial charge in [-0.25, -0.2) is 4.39 Å². The van der Waals surface area contributed by atoms with Crippen LogP contribution in [0.4, 0.5) is 10.1 Å². The number of hydrogen-bond acceptors (Lipinski definition) is 3. The molecule has 0 aliphatic carbocycles. The lowest BCUT2D eigenvalue weighted by Gasteiger charge is -2.36. The monoisotopic (exact) mass is 328 g/mol. The van der Waals surface area contributed by atoms with Gasteiger partial charge < -0.3 is 14.5 Å². The predicted octanol–water partition coefficient (Wildman–Crippen LogP) is 2.73. The molecule has 2 aromatic carbocycles. The van der Waals surface area contributed by atoms with E-state index in [1.807, 2.05) is 29.2 Å². The van der Waals surface area contributed by atoms with Crippen molar-refractivity contribution in [3.8, 4) is 5.75 Å². The summed E-state index contributed by atoms with van der Waals surface area (Å²) in [6, 6.07) is 14.0. The predicted molar refractivity (Wildman–Crippen MR) is 91.9 cm³/mol. The van der Waals surface area contributed by atoms with Gasteiger partial charge in [0.1, 0.15) is 11.6 Å². The van der Waals surface area contributed by atoms with Gasteiger partial charge in [-0.2, -0.15) is 0 Å². The minimum Gasteiger partial charge on any atom is -0.495 e. The molecule has 1 aliphatic rings. The van der Waals surface area contributed by atoms with Crippen LogP contribution in [0.3, 0.4) is 0 Å². The average molecular weight is 328 g/mol. The minimum absolute atomic E-state index is 0.0845. The Morgan fingerprint density at radius 2 is 1.71 bits per heavy atom. The van der Waals surface area contributed by atoms with E-state index in [-0.39, 0.29) is 11.7 Å². The van der Waals surface area contributed by atoms with Gasteiger partial charge in [-0.15, -0.1) is 0 Å². The molecule has 0 saturated carbocycles. The van der Waals surface area contributed by atoms with Crippen LogP contribution in [-0.4, -0.2) is 44.1 Å². The standard InChI is InChI=1S/C19H21FN2O2/c1-24-18-5-3-2-4-17(18)21-10-12-22(13-11-21)19(23)14-15-6-8-16(20)9-7-15/h2-9H,10-14H2,1H3. The van der Waals surface area contributed by atoms with Gasteiger partial charge in [0.05, 0.1) is 19.2 Å². The summed E-state index contributed by atoms with van der Waals surface area (Å²) in [5, 5.41) is 0. The number of benzene rings is 2. The third kappa shape index (κ3) is 3.67. The van der Waals surface area contributed by atoms with Crippen molar-refractivity contribution in [1.29, 1.82) is 0 Å². The van der Waals surface area contributed by atoms with Crippen LogP contribution in [0.15, 0.2) is 48.5 Å². The molecule has 0 N–H and O–H groups in total. The van der Waals surface area contributed by atoms with Gasteiger partial charge in [0.25, 0.3) is 0 Å².